The van der Waals surface area contributed by atoms with Crippen LogP contribution in [-0.4, -0.2) is 48.8 Å². The summed E-state index contributed by atoms with van der Waals surface area (Å²) in [5.74, 6) is 0.511. The summed E-state index contributed by atoms with van der Waals surface area (Å²) in [5.41, 5.74) is 4.19. The molecule has 0 spiro atoms. The van der Waals surface area contributed by atoms with Crippen molar-refractivity contribution in [3.8, 4) is 0 Å². The van der Waals surface area contributed by atoms with Gasteiger partial charge >= 0.3 is 0 Å². The molecule has 2 aliphatic rings. The summed E-state index contributed by atoms with van der Waals surface area (Å²) in [4.78, 5) is 5.06. The molecule has 1 aliphatic heterocycles. The third-order valence-corrected chi connectivity index (χ3v) is 5.40. The lowest BCUT2D eigenvalue weighted by Crippen LogP contribution is -2.48. The second-order valence-electron chi connectivity index (χ2n) is 6.77. The standard InChI is InChI=1S/C18H28N2O/c1-14-5-3-7-17(15(14)2)20-11-9-19(10-12-20)13-16-6-4-8-18(16)21/h3,5,7,16,18,21H,4,6,8-13H2,1-2H3. The average Bonchev–Trinajstić information content (AvgIpc) is 2.88. The Morgan fingerprint density at radius 1 is 1.10 bits per heavy atom. The Balaban J connectivity index is 1.56. The second kappa shape index (κ2) is 6.37. The van der Waals surface area contributed by atoms with Gasteiger partial charge in [-0.05, 0) is 49.8 Å². The van der Waals surface area contributed by atoms with Crippen molar-refractivity contribution >= 4 is 5.69 Å². The summed E-state index contributed by atoms with van der Waals surface area (Å²) >= 11 is 0. The molecule has 1 aliphatic carbocycles. The highest BCUT2D eigenvalue weighted by Gasteiger charge is 2.28. The highest BCUT2D eigenvalue weighted by atomic mass is 16.3. The van der Waals surface area contributed by atoms with Crippen molar-refractivity contribution in [2.75, 3.05) is 37.6 Å². The van der Waals surface area contributed by atoms with E-state index < -0.39 is 0 Å². The zero-order chi connectivity index (χ0) is 14.8. The molecule has 1 aromatic rings. The largest absolute Gasteiger partial charge is 0.393 e. The van der Waals surface area contributed by atoms with Gasteiger partial charge in [-0.3, -0.25) is 4.90 Å². The molecule has 21 heavy (non-hydrogen) atoms. The number of hydrogen-bond acceptors (Lipinski definition) is 3. The minimum absolute atomic E-state index is 0.0537. The number of anilines is 1. The Bertz CT molecular complexity index is 480. The molecule has 116 valence electrons. The maximum absolute atomic E-state index is 9.98. The van der Waals surface area contributed by atoms with Gasteiger partial charge in [0.1, 0.15) is 0 Å². The highest BCUT2D eigenvalue weighted by Crippen LogP contribution is 2.28. The van der Waals surface area contributed by atoms with Crippen LogP contribution in [0.2, 0.25) is 0 Å². The maximum Gasteiger partial charge on any atom is 0.0580 e. The molecule has 0 radical (unpaired) electrons. The number of aliphatic hydroxyl groups is 1. The molecule has 1 saturated heterocycles. The molecule has 0 amide bonds. The van der Waals surface area contributed by atoms with Gasteiger partial charge < -0.3 is 10.0 Å². The lowest BCUT2D eigenvalue weighted by molar-refractivity contribution is 0.0997. The van der Waals surface area contributed by atoms with E-state index in [1.165, 1.54) is 29.7 Å². The average molecular weight is 288 g/mol. The normalized spacial score (nSPS) is 27.3. The molecule has 1 heterocycles. The molecule has 2 unspecified atom stereocenters. The summed E-state index contributed by atoms with van der Waals surface area (Å²) in [7, 11) is 0. The Morgan fingerprint density at radius 3 is 2.52 bits per heavy atom. The zero-order valence-corrected chi connectivity index (χ0v) is 13.4. The van der Waals surface area contributed by atoms with Crippen LogP contribution in [0.5, 0.6) is 0 Å². The van der Waals surface area contributed by atoms with Crippen LogP contribution < -0.4 is 4.90 Å². The Hall–Kier alpha value is -1.06. The van der Waals surface area contributed by atoms with Crippen LogP contribution in [0.1, 0.15) is 30.4 Å². The van der Waals surface area contributed by atoms with Crippen LogP contribution in [0, 0.1) is 19.8 Å². The van der Waals surface area contributed by atoms with E-state index in [1.807, 2.05) is 0 Å². The molecule has 2 atom stereocenters. The molecule has 1 saturated carbocycles. The van der Waals surface area contributed by atoms with Gasteiger partial charge in [0.25, 0.3) is 0 Å². The minimum Gasteiger partial charge on any atom is -0.393 e. The topological polar surface area (TPSA) is 26.7 Å². The molecule has 2 fully saturated rings. The van der Waals surface area contributed by atoms with Crippen molar-refractivity contribution in [1.29, 1.82) is 0 Å². The van der Waals surface area contributed by atoms with Gasteiger partial charge in [-0.25, -0.2) is 0 Å². The van der Waals surface area contributed by atoms with Crippen LogP contribution in [-0.2, 0) is 0 Å². The van der Waals surface area contributed by atoms with E-state index in [0.29, 0.717) is 5.92 Å². The van der Waals surface area contributed by atoms with Crippen molar-refractivity contribution < 1.29 is 5.11 Å². The second-order valence-corrected chi connectivity index (χ2v) is 6.77. The number of nitrogens with zero attached hydrogens (tertiary/aromatic N) is 2. The van der Waals surface area contributed by atoms with E-state index in [1.54, 1.807) is 0 Å². The summed E-state index contributed by atoms with van der Waals surface area (Å²) in [6, 6.07) is 6.61. The highest BCUT2D eigenvalue weighted by molar-refractivity contribution is 5.56. The van der Waals surface area contributed by atoms with Crippen LogP contribution in [0.4, 0.5) is 5.69 Å². The van der Waals surface area contributed by atoms with Crippen molar-refractivity contribution in [3.63, 3.8) is 0 Å². The molecule has 3 heteroatoms. The maximum atomic E-state index is 9.98. The van der Waals surface area contributed by atoms with Gasteiger partial charge in [0.2, 0.25) is 0 Å². The van der Waals surface area contributed by atoms with Gasteiger partial charge in [-0.15, -0.1) is 0 Å². The molecular weight excluding hydrogens is 260 g/mol. The first-order valence-electron chi connectivity index (χ1n) is 8.37. The first kappa shape index (κ1) is 14.9. The van der Waals surface area contributed by atoms with Crippen LogP contribution in [0.15, 0.2) is 18.2 Å². The van der Waals surface area contributed by atoms with E-state index in [4.69, 9.17) is 0 Å². The minimum atomic E-state index is -0.0537. The number of aryl methyl sites for hydroxylation is 1. The van der Waals surface area contributed by atoms with E-state index in [0.717, 1.165) is 39.1 Å². The fourth-order valence-electron chi connectivity index (χ4n) is 3.81. The fourth-order valence-corrected chi connectivity index (χ4v) is 3.81. The zero-order valence-electron chi connectivity index (χ0n) is 13.4. The molecule has 0 bridgehead atoms. The van der Waals surface area contributed by atoms with E-state index in [2.05, 4.69) is 41.8 Å². The summed E-state index contributed by atoms with van der Waals surface area (Å²) in [6.07, 6.45) is 3.36. The van der Waals surface area contributed by atoms with E-state index in [-0.39, 0.29) is 6.10 Å². The summed E-state index contributed by atoms with van der Waals surface area (Å²) in [5, 5.41) is 9.98. The molecule has 3 rings (SSSR count). The summed E-state index contributed by atoms with van der Waals surface area (Å²) in [6.45, 7) is 9.96. The number of hydrogen-bond donors (Lipinski definition) is 1. The fraction of sp³-hybridized carbons (Fsp3) is 0.667. The number of piperazine rings is 1. The van der Waals surface area contributed by atoms with Gasteiger partial charge in [0.15, 0.2) is 0 Å². The molecule has 1 aromatic carbocycles. The smallest absolute Gasteiger partial charge is 0.0580 e. The van der Waals surface area contributed by atoms with Crippen molar-refractivity contribution in [1.82, 2.24) is 4.90 Å². The predicted octanol–water partition coefficient (Wildman–Crippen LogP) is 2.59. The van der Waals surface area contributed by atoms with Crippen molar-refractivity contribution in [2.45, 2.75) is 39.2 Å². The van der Waals surface area contributed by atoms with Gasteiger partial charge in [0, 0.05) is 38.4 Å². The Labute approximate surface area is 128 Å². The van der Waals surface area contributed by atoms with E-state index >= 15 is 0 Å². The van der Waals surface area contributed by atoms with Crippen LogP contribution in [0.3, 0.4) is 0 Å². The Kier molecular flexibility index (Phi) is 4.51. The quantitative estimate of drug-likeness (QED) is 0.926. The Morgan fingerprint density at radius 2 is 1.86 bits per heavy atom. The molecular formula is C18H28N2O. The number of rotatable bonds is 3. The van der Waals surface area contributed by atoms with Gasteiger partial charge in [-0.1, -0.05) is 18.6 Å². The first-order valence-corrected chi connectivity index (χ1v) is 8.37. The lowest BCUT2D eigenvalue weighted by Gasteiger charge is -2.38. The molecule has 1 N–H and O–H groups in total. The number of benzene rings is 1. The predicted molar refractivity (Wildman–Crippen MR) is 87.9 cm³/mol. The third kappa shape index (κ3) is 3.24. The van der Waals surface area contributed by atoms with Crippen molar-refractivity contribution in [2.24, 2.45) is 5.92 Å². The third-order valence-electron chi connectivity index (χ3n) is 5.40. The molecule has 3 nitrogen and oxygen atoms in total. The monoisotopic (exact) mass is 288 g/mol. The van der Waals surface area contributed by atoms with E-state index in [9.17, 15) is 5.11 Å². The molecule has 0 aromatic heterocycles. The van der Waals surface area contributed by atoms with Gasteiger partial charge in [-0.2, -0.15) is 0 Å². The first-order chi connectivity index (χ1) is 10.1. The van der Waals surface area contributed by atoms with Crippen LogP contribution in [0.25, 0.3) is 0 Å². The van der Waals surface area contributed by atoms with Gasteiger partial charge in [0.05, 0.1) is 6.10 Å². The summed E-state index contributed by atoms with van der Waals surface area (Å²) < 4.78 is 0. The van der Waals surface area contributed by atoms with Crippen LogP contribution >= 0.6 is 0 Å². The number of aliphatic hydroxyl groups excluding tert-OH is 1. The SMILES string of the molecule is Cc1cccc(N2CCN(CC3CCCC3O)CC2)c1C. The lowest BCUT2D eigenvalue weighted by atomic mass is 10.0. The van der Waals surface area contributed by atoms with Crippen molar-refractivity contribution in [3.05, 3.63) is 29.3 Å².